The number of carbonyl (C=O) groups is 1. The molecular formula is C15H14N2O4. The number of hydrogen-bond acceptors (Lipinski definition) is 4. The van der Waals surface area contributed by atoms with Crippen molar-refractivity contribution in [3.63, 3.8) is 0 Å². The molecule has 6 heteroatoms. The molecule has 0 atom stereocenters. The average molecular weight is 286 g/mol. The Morgan fingerprint density at radius 2 is 2.00 bits per heavy atom. The number of aromatic carboxylic acids is 1. The number of benzene rings is 2. The van der Waals surface area contributed by atoms with Crippen molar-refractivity contribution in [1.29, 1.82) is 0 Å². The Kier molecular flexibility index (Phi) is 4.18. The molecular weight excluding hydrogens is 272 g/mol. The maximum Gasteiger partial charge on any atom is 0.337 e. The van der Waals surface area contributed by atoms with E-state index in [0.717, 1.165) is 0 Å². The van der Waals surface area contributed by atoms with E-state index in [1.54, 1.807) is 37.3 Å². The van der Waals surface area contributed by atoms with Gasteiger partial charge in [0.15, 0.2) is 0 Å². The Labute approximate surface area is 121 Å². The van der Waals surface area contributed by atoms with E-state index >= 15 is 0 Å². The van der Waals surface area contributed by atoms with Gasteiger partial charge in [-0.15, -0.1) is 0 Å². The predicted octanol–water partition coefficient (Wildman–Crippen LogP) is 3.21. The van der Waals surface area contributed by atoms with Crippen molar-refractivity contribution < 1.29 is 14.8 Å². The van der Waals surface area contributed by atoms with Gasteiger partial charge in [-0.3, -0.25) is 10.1 Å². The molecule has 21 heavy (non-hydrogen) atoms. The van der Waals surface area contributed by atoms with Crippen LogP contribution in [0, 0.1) is 17.0 Å². The lowest BCUT2D eigenvalue weighted by atomic mass is 10.1. The molecule has 2 aromatic carbocycles. The summed E-state index contributed by atoms with van der Waals surface area (Å²) >= 11 is 0. The summed E-state index contributed by atoms with van der Waals surface area (Å²) in [6.45, 7) is 1.99. The van der Waals surface area contributed by atoms with Crippen LogP contribution in [0.5, 0.6) is 0 Å². The topological polar surface area (TPSA) is 92.5 Å². The largest absolute Gasteiger partial charge is 0.478 e. The third-order valence-corrected chi connectivity index (χ3v) is 3.11. The summed E-state index contributed by atoms with van der Waals surface area (Å²) < 4.78 is 0. The summed E-state index contributed by atoms with van der Waals surface area (Å²) in [4.78, 5) is 21.6. The first-order valence-electron chi connectivity index (χ1n) is 6.29. The normalized spacial score (nSPS) is 10.1. The minimum absolute atomic E-state index is 0.0563. The Balaban J connectivity index is 2.19. The molecule has 0 aliphatic carbocycles. The van der Waals surface area contributed by atoms with E-state index in [1.807, 2.05) is 0 Å². The summed E-state index contributed by atoms with van der Waals surface area (Å²) in [5.41, 5.74) is 2.01. The third-order valence-electron chi connectivity index (χ3n) is 3.11. The molecule has 0 fully saturated rings. The van der Waals surface area contributed by atoms with Gasteiger partial charge in [0.25, 0.3) is 5.69 Å². The van der Waals surface area contributed by atoms with E-state index in [-0.39, 0.29) is 11.3 Å². The fourth-order valence-electron chi connectivity index (χ4n) is 1.98. The predicted molar refractivity (Wildman–Crippen MR) is 78.6 cm³/mol. The molecule has 0 aromatic heterocycles. The van der Waals surface area contributed by atoms with Gasteiger partial charge in [0, 0.05) is 23.9 Å². The van der Waals surface area contributed by atoms with Gasteiger partial charge in [0.05, 0.1) is 10.5 Å². The van der Waals surface area contributed by atoms with Gasteiger partial charge < -0.3 is 10.4 Å². The third kappa shape index (κ3) is 3.36. The van der Waals surface area contributed by atoms with Crippen LogP contribution in [0.15, 0.2) is 42.5 Å². The van der Waals surface area contributed by atoms with Crippen LogP contribution in [0.2, 0.25) is 0 Å². The molecule has 0 heterocycles. The van der Waals surface area contributed by atoms with Crippen LogP contribution in [-0.4, -0.2) is 16.0 Å². The first kappa shape index (κ1) is 14.5. The van der Waals surface area contributed by atoms with E-state index in [2.05, 4.69) is 5.32 Å². The molecule has 0 saturated carbocycles. The number of rotatable bonds is 5. The molecule has 0 spiro atoms. The number of aryl methyl sites for hydroxylation is 1. The number of carboxylic acid groups (broad SMARTS) is 1. The highest BCUT2D eigenvalue weighted by Gasteiger charge is 2.12. The summed E-state index contributed by atoms with van der Waals surface area (Å²) in [6, 6.07) is 11.5. The van der Waals surface area contributed by atoms with E-state index < -0.39 is 10.9 Å². The SMILES string of the molecule is Cc1ccc(CNc2ccccc2C(=O)O)cc1[N+](=O)[O-]. The number of hydrogen-bond donors (Lipinski definition) is 2. The minimum atomic E-state index is -1.02. The first-order chi connectivity index (χ1) is 9.99. The summed E-state index contributed by atoms with van der Waals surface area (Å²) in [5, 5.41) is 23.0. The number of nitrogens with zero attached hydrogens (tertiary/aromatic N) is 1. The average Bonchev–Trinajstić information content (AvgIpc) is 2.46. The number of anilines is 1. The molecule has 0 aliphatic rings. The van der Waals surface area contributed by atoms with Crippen LogP contribution in [0.3, 0.4) is 0 Å². The van der Waals surface area contributed by atoms with Gasteiger partial charge in [-0.1, -0.05) is 24.3 Å². The summed E-state index contributed by atoms with van der Waals surface area (Å²) in [5.74, 6) is -1.02. The minimum Gasteiger partial charge on any atom is -0.478 e. The lowest BCUT2D eigenvalue weighted by molar-refractivity contribution is -0.385. The van der Waals surface area contributed by atoms with Crippen LogP contribution in [-0.2, 0) is 6.54 Å². The molecule has 2 aromatic rings. The van der Waals surface area contributed by atoms with Gasteiger partial charge >= 0.3 is 5.97 Å². The van der Waals surface area contributed by atoms with Gasteiger partial charge in [0.2, 0.25) is 0 Å². The fourth-order valence-corrected chi connectivity index (χ4v) is 1.98. The number of carboxylic acids is 1. The lowest BCUT2D eigenvalue weighted by Gasteiger charge is -2.09. The van der Waals surface area contributed by atoms with Crippen molar-refractivity contribution in [3.8, 4) is 0 Å². The van der Waals surface area contributed by atoms with Crippen LogP contribution in [0.25, 0.3) is 0 Å². The maximum absolute atomic E-state index is 11.1. The highest BCUT2D eigenvalue weighted by Crippen LogP contribution is 2.21. The molecule has 108 valence electrons. The lowest BCUT2D eigenvalue weighted by Crippen LogP contribution is -2.06. The summed E-state index contributed by atoms with van der Waals surface area (Å²) in [6.07, 6.45) is 0. The second-order valence-electron chi connectivity index (χ2n) is 4.58. The standard InChI is InChI=1S/C15H14N2O4/c1-10-6-7-11(8-14(10)17(20)21)9-16-13-5-3-2-4-12(13)15(18)19/h2-8,16H,9H2,1H3,(H,18,19). The van der Waals surface area contributed by atoms with Crippen LogP contribution >= 0.6 is 0 Å². The van der Waals surface area contributed by atoms with Gasteiger partial charge in [-0.2, -0.15) is 0 Å². The van der Waals surface area contributed by atoms with E-state index in [0.29, 0.717) is 23.4 Å². The second kappa shape index (κ2) is 6.04. The van der Waals surface area contributed by atoms with Crippen molar-refractivity contribution in [1.82, 2.24) is 0 Å². The highest BCUT2D eigenvalue weighted by atomic mass is 16.6. The zero-order valence-corrected chi connectivity index (χ0v) is 11.4. The number of nitro benzene ring substituents is 1. The monoisotopic (exact) mass is 286 g/mol. The van der Waals surface area contributed by atoms with Crippen molar-refractivity contribution >= 4 is 17.3 Å². The van der Waals surface area contributed by atoms with E-state index in [9.17, 15) is 14.9 Å². The molecule has 0 saturated heterocycles. The molecule has 0 radical (unpaired) electrons. The Bertz CT molecular complexity index is 698. The highest BCUT2D eigenvalue weighted by molar-refractivity contribution is 5.94. The van der Waals surface area contributed by atoms with Gasteiger partial charge in [-0.05, 0) is 24.6 Å². The Hall–Kier alpha value is -2.89. The van der Waals surface area contributed by atoms with Crippen molar-refractivity contribution in [3.05, 3.63) is 69.3 Å². The molecule has 0 bridgehead atoms. The van der Waals surface area contributed by atoms with E-state index in [1.165, 1.54) is 12.1 Å². The van der Waals surface area contributed by atoms with Crippen molar-refractivity contribution in [2.45, 2.75) is 13.5 Å². The smallest absolute Gasteiger partial charge is 0.337 e. The van der Waals surface area contributed by atoms with Crippen LogP contribution in [0.1, 0.15) is 21.5 Å². The number of nitrogens with one attached hydrogen (secondary N) is 1. The fraction of sp³-hybridized carbons (Fsp3) is 0.133. The zero-order valence-electron chi connectivity index (χ0n) is 11.4. The van der Waals surface area contributed by atoms with Crippen LogP contribution < -0.4 is 5.32 Å². The number of para-hydroxylation sites is 1. The van der Waals surface area contributed by atoms with Gasteiger partial charge in [0.1, 0.15) is 0 Å². The molecule has 2 rings (SSSR count). The quantitative estimate of drug-likeness (QED) is 0.650. The summed E-state index contributed by atoms with van der Waals surface area (Å²) in [7, 11) is 0. The molecule has 0 aliphatic heterocycles. The molecule has 2 N–H and O–H groups in total. The number of nitro groups is 1. The zero-order chi connectivity index (χ0) is 15.4. The first-order valence-corrected chi connectivity index (χ1v) is 6.29. The van der Waals surface area contributed by atoms with Crippen molar-refractivity contribution in [2.24, 2.45) is 0 Å². The van der Waals surface area contributed by atoms with Gasteiger partial charge in [-0.25, -0.2) is 4.79 Å². The van der Waals surface area contributed by atoms with Crippen molar-refractivity contribution in [2.75, 3.05) is 5.32 Å². The molecule has 0 unspecified atom stereocenters. The van der Waals surface area contributed by atoms with Crippen LogP contribution in [0.4, 0.5) is 11.4 Å². The Morgan fingerprint density at radius 1 is 1.29 bits per heavy atom. The molecule has 6 nitrogen and oxygen atoms in total. The van der Waals surface area contributed by atoms with E-state index in [4.69, 9.17) is 5.11 Å². The second-order valence-corrected chi connectivity index (χ2v) is 4.58. The molecule has 0 amide bonds. The maximum atomic E-state index is 11.1. The Morgan fingerprint density at radius 3 is 2.67 bits per heavy atom.